The van der Waals surface area contributed by atoms with E-state index in [2.05, 4.69) is 22.0 Å². The van der Waals surface area contributed by atoms with E-state index in [9.17, 15) is 9.59 Å². The first kappa shape index (κ1) is 28.2. The highest BCUT2D eigenvalue weighted by Gasteiger charge is 1.98. The molecule has 0 saturated carbocycles. The lowest BCUT2D eigenvalue weighted by Crippen LogP contribution is -1.96. The van der Waals surface area contributed by atoms with Gasteiger partial charge in [-0.05, 0) is 53.8 Å². The van der Waals surface area contributed by atoms with Crippen molar-refractivity contribution in [3.05, 3.63) is 101 Å². The van der Waals surface area contributed by atoms with Crippen LogP contribution in [0.1, 0.15) is 41.7 Å². The van der Waals surface area contributed by atoms with Gasteiger partial charge in [0.25, 0.3) is 0 Å². The van der Waals surface area contributed by atoms with Gasteiger partial charge in [-0.2, -0.15) is 0 Å². The monoisotopic (exact) mass is 513 g/mol. The number of hydrogen-bond donors (Lipinski definition) is 3. The number of nitrogens with two attached hydrogens (primary N) is 1. The number of nitrogen functional groups attached to an aromatic ring is 1. The summed E-state index contributed by atoms with van der Waals surface area (Å²) in [5, 5.41) is 18.3. The molecule has 0 radical (unpaired) electrons. The molecule has 3 aromatic rings. The molecule has 0 fully saturated rings. The highest BCUT2D eigenvalue weighted by Crippen LogP contribution is 2.09. The number of carbonyl (C=O) groups excluding carboxylic acids is 2. The molecule has 0 aliphatic rings. The second kappa shape index (κ2) is 15.9. The van der Waals surface area contributed by atoms with E-state index in [1.54, 1.807) is 26.0 Å². The van der Waals surface area contributed by atoms with Crippen LogP contribution >= 0.6 is 15.9 Å². The van der Waals surface area contributed by atoms with Gasteiger partial charge in [-0.25, -0.2) is 0 Å². The topological polar surface area (TPSA) is 101 Å². The van der Waals surface area contributed by atoms with Crippen LogP contribution in [0.4, 0.5) is 5.69 Å². The molecule has 4 N–H and O–H groups in total. The maximum absolute atomic E-state index is 10.8. The molecule has 33 heavy (non-hydrogen) atoms. The molecule has 0 bridgehead atoms. The SMILES string of the molecule is CC(=O)Cc1cccc(CBr)c1.CC(=O)Cc1cccc(CO)c1.Nc1cccc(CO)c1. The predicted molar refractivity (Wildman–Crippen MR) is 137 cm³/mol. The van der Waals surface area contributed by atoms with E-state index >= 15 is 0 Å². The third-order valence-corrected chi connectivity index (χ3v) is 5.01. The van der Waals surface area contributed by atoms with Crippen LogP contribution in [0.5, 0.6) is 0 Å². The summed E-state index contributed by atoms with van der Waals surface area (Å²) in [4.78, 5) is 21.6. The van der Waals surface area contributed by atoms with Crippen LogP contribution in [-0.2, 0) is 41.0 Å². The summed E-state index contributed by atoms with van der Waals surface area (Å²) in [5.41, 5.74) is 11.1. The van der Waals surface area contributed by atoms with Gasteiger partial charge in [-0.15, -0.1) is 0 Å². The maximum atomic E-state index is 10.8. The number of ketones is 2. The zero-order valence-corrected chi connectivity index (χ0v) is 20.7. The first-order valence-corrected chi connectivity index (χ1v) is 11.7. The Balaban J connectivity index is 0.000000250. The first-order valence-electron chi connectivity index (χ1n) is 10.5. The van der Waals surface area contributed by atoms with Gasteiger partial charge in [-0.3, -0.25) is 9.59 Å². The fraction of sp³-hybridized carbons (Fsp3) is 0.259. The number of aliphatic hydroxyl groups is 2. The van der Waals surface area contributed by atoms with E-state index in [1.165, 1.54) is 5.56 Å². The molecular formula is C27H32BrNO4. The van der Waals surface area contributed by atoms with Gasteiger partial charge in [0.05, 0.1) is 13.2 Å². The number of Topliss-reactive ketones (excluding diaryl/α,β-unsaturated/α-hetero) is 2. The summed E-state index contributed by atoms with van der Waals surface area (Å²) in [6, 6.07) is 22.7. The molecule has 5 nitrogen and oxygen atoms in total. The zero-order valence-electron chi connectivity index (χ0n) is 19.1. The van der Waals surface area contributed by atoms with E-state index < -0.39 is 0 Å². The molecule has 6 heteroatoms. The number of benzene rings is 3. The number of alkyl halides is 1. The van der Waals surface area contributed by atoms with E-state index in [-0.39, 0.29) is 24.8 Å². The van der Waals surface area contributed by atoms with E-state index in [4.69, 9.17) is 15.9 Å². The maximum Gasteiger partial charge on any atom is 0.134 e. The Bertz CT molecular complexity index is 961. The summed E-state index contributed by atoms with van der Waals surface area (Å²) in [6.07, 6.45) is 0.995. The summed E-state index contributed by atoms with van der Waals surface area (Å²) < 4.78 is 0. The van der Waals surface area contributed by atoms with E-state index in [0.29, 0.717) is 18.5 Å². The standard InChI is InChI=1S/C10H11BrO.C10H12O2.C7H9NO/c2*1-8(12)5-9-3-2-4-10(6-9)7-11;8-7-3-1-2-6(4-7)5-9/h2-4,6H,5,7H2,1H3;2-4,6,11H,5,7H2,1H3;1-4,9H,5,8H2. The van der Waals surface area contributed by atoms with Crippen molar-refractivity contribution < 1.29 is 19.8 Å². The average Bonchev–Trinajstić information content (AvgIpc) is 2.79. The third kappa shape index (κ3) is 12.7. The van der Waals surface area contributed by atoms with Crippen molar-refractivity contribution in [3.63, 3.8) is 0 Å². The molecule has 0 aromatic heterocycles. The van der Waals surface area contributed by atoms with Crippen molar-refractivity contribution in [2.45, 2.75) is 45.2 Å². The van der Waals surface area contributed by atoms with Crippen molar-refractivity contribution in [3.8, 4) is 0 Å². The Kier molecular flexibility index (Phi) is 13.6. The van der Waals surface area contributed by atoms with E-state index in [0.717, 1.165) is 27.6 Å². The molecule has 0 atom stereocenters. The van der Waals surface area contributed by atoms with Gasteiger partial charge < -0.3 is 15.9 Å². The van der Waals surface area contributed by atoms with Crippen LogP contribution in [0.3, 0.4) is 0 Å². The third-order valence-electron chi connectivity index (χ3n) is 4.36. The number of carbonyl (C=O) groups is 2. The lowest BCUT2D eigenvalue weighted by atomic mass is 10.1. The Morgan fingerprint density at radius 2 is 1.09 bits per heavy atom. The molecule has 3 rings (SSSR count). The molecular weight excluding hydrogens is 482 g/mol. The van der Waals surface area contributed by atoms with E-state index in [1.807, 2.05) is 54.6 Å². The normalized spacial score (nSPS) is 9.73. The zero-order chi connectivity index (χ0) is 24.6. The first-order chi connectivity index (χ1) is 15.8. The van der Waals surface area contributed by atoms with Crippen LogP contribution < -0.4 is 5.73 Å². The lowest BCUT2D eigenvalue weighted by Gasteiger charge is -1.99. The number of halogens is 1. The smallest absolute Gasteiger partial charge is 0.134 e. The largest absolute Gasteiger partial charge is 0.399 e. The molecule has 0 heterocycles. The molecule has 0 aliphatic carbocycles. The fourth-order valence-corrected chi connectivity index (χ4v) is 3.28. The summed E-state index contributed by atoms with van der Waals surface area (Å²) >= 11 is 3.37. The van der Waals surface area contributed by atoms with Crippen LogP contribution in [0.2, 0.25) is 0 Å². The van der Waals surface area contributed by atoms with Crippen molar-refractivity contribution in [2.24, 2.45) is 0 Å². The van der Waals surface area contributed by atoms with Crippen molar-refractivity contribution in [1.82, 2.24) is 0 Å². The number of rotatable bonds is 7. The quantitative estimate of drug-likeness (QED) is 0.311. The fourth-order valence-electron chi connectivity index (χ4n) is 2.93. The second-order valence-electron chi connectivity index (χ2n) is 7.59. The minimum absolute atomic E-state index is 0.0335. The summed E-state index contributed by atoms with van der Waals surface area (Å²) in [5.74, 6) is 0.354. The Labute approximate surface area is 204 Å². The van der Waals surface area contributed by atoms with Gasteiger partial charge in [-0.1, -0.05) is 76.6 Å². The Morgan fingerprint density at radius 1 is 0.697 bits per heavy atom. The minimum Gasteiger partial charge on any atom is -0.399 e. The summed E-state index contributed by atoms with van der Waals surface area (Å²) in [7, 11) is 0. The molecule has 176 valence electrons. The second-order valence-corrected chi connectivity index (χ2v) is 8.15. The number of aliphatic hydroxyl groups excluding tert-OH is 2. The molecule has 3 aromatic carbocycles. The van der Waals surface area contributed by atoms with Crippen molar-refractivity contribution in [2.75, 3.05) is 5.73 Å². The van der Waals surface area contributed by atoms with Gasteiger partial charge >= 0.3 is 0 Å². The van der Waals surface area contributed by atoms with Gasteiger partial charge in [0.15, 0.2) is 0 Å². The highest BCUT2D eigenvalue weighted by molar-refractivity contribution is 9.08. The highest BCUT2D eigenvalue weighted by atomic mass is 79.9. The number of hydrogen-bond acceptors (Lipinski definition) is 5. The summed E-state index contributed by atoms with van der Waals surface area (Å²) in [6.45, 7) is 3.27. The van der Waals surface area contributed by atoms with Gasteiger partial charge in [0, 0.05) is 23.9 Å². The predicted octanol–water partition coefficient (Wildman–Crippen LogP) is 4.78. The van der Waals surface area contributed by atoms with Gasteiger partial charge in [0.2, 0.25) is 0 Å². The van der Waals surface area contributed by atoms with Crippen LogP contribution in [0, 0.1) is 0 Å². The Morgan fingerprint density at radius 3 is 1.48 bits per heavy atom. The average molecular weight is 514 g/mol. The minimum atomic E-state index is 0.0335. The molecule has 0 unspecified atom stereocenters. The van der Waals surface area contributed by atoms with Crippen LogP contribution in [-0.4, -0.2) is 21.8 Å². The van der Waals surface area contributed by atoms with Crippen molar-refractivity contribution in [1.29, 1.82) is 0 Å². The molecule has 0 spiro atoms. The number of anilines is 1. The molecule has 0 aliphatic heterocycles. The van der Waals surface area contributed by atoms with Crippen LogP contribution in [0.15, 0.2) is 72.8 Å². The molecule has 0 saturated heterocycles. The Hall–Kier alpha value is -2.80. The van der Waals surface area contributed by atoms with Crippen LogP contribution in [0.25, 0.3) is 0 Å². The molecule has 0 amide bonds. The van der Waals surface area contributed by atoms with Gasteiger partial charge in [0.1, 0.15) is 11.6 Å². The van der Waals surface area contributed by atoms with Crippen molar-refractivity contribution >= 4 is 33.2 Å². The lowest BCUT2D eigenvalue weighted by molar-refractivity contribution is -0.117.